The minimum absolute atomic E-state index is 0.110. The summed E-state index contributed by atoms with van der Waals surface area (Å²) >= 11 is 0. The van der Waals surface area contributed by atoms with Gasteiger partial charge in [-0.05, 0) is 35.9 Å². The van der Waals surface area contributed by atoms with Crippen LogP contribution in [0.4, 0.5) is 5.69 Å². The lowest BCUT2D eigenvalue weighted by atomic mass is 10.1. The van der Waals surface area contributed by atoms with Crippen LogP contribution in [0.25, 0.3) is 6.08 Å². The molecule has 1 heterocycles. The van der Waals surface area contributed by atoms with Crippen molar-refractivity contribution in [1.82, 2.24) is 0 Å². The summed E-state index contributed by atoms with van der Waals surface area (Å²) in [5.74, 6) is -1.27. The Morgan fingerprint density at radius 1 is 1.07 bits per heavy atom. The van der Waals surface area contributed by atoms with Gasteiger partial charge in [0, 0.05) is 11.8 Å². The van der Waals surface area contributed by atoms with Gasteiger partial charge in [-0.1, -0.05) is 18.2 Å². The average molecular weight is 367 g/mol. The standard InChI is InChI=1S/C20H17NO6/c1-25-14-8-12(9-15(11-14)26-2)10-16-18(22)17(20(23)24)19(27-16)21-13-6-4-3-5-7-13/h3-11,21H,1-2H3,(H,23,24)/b16-10-. The smallest absolute Gasteiger partial charge is 0.345 e. The van der Waals surface area contributed by atoms with Gasteiger partial charge in [0.2, 0.25) is 11.7 Å². The Balaban J connectivity index is 1.94. The molecule has 1 aliphatic rings. The van der Waals surface area contributed by atoms with Crippen molar-refractivity contribution in [3.63, 3.8) is 0 Å². The van der Waals surface area contributed by atoms with E-state index in [1.165, 1.54) is 20.3 Å². The molecule has 0 radical (unpaired) electrons. The fraction of sp³-hybridized carbons (Fsp3) is 0.100. The number of carbonyl (C=O) groups is 2. The summed E-state index contributed by atoms with van der Waals surface area (Å²) in [6.45, 7) is 0. The Kier molecular flexibility index (Phi) is 5.12. The topological polar surface area (TPSA) is 94.1 Å². The number of ether oxygens (including phenoxy) is 3. The van der Waals surface area contributed by atoms with Crippen molar-refractivity contribution in [2.75, 3.05) is 19.5 Å². The molecule has 1 aliphatic heterocycles. The van der Waals surface area contributed by atoms with E-state index in [2.05, 4.69) is 5.32 Å². The molecule has 7 heteroatoms. The number of anilines is 1. The third-order valence-electron chi connectivity index (χ3n) is 3.81. The van der Waals surface area contributed by atoms with E-state index in [-0.39, 0.29) is 11.6 Å². The van der Waals surface area contributed by atoms with Crippen molar-refractivity contribution < 1.29 is 28.9 Å². The van der Waals surface area contributed by atoms with E-state index in [4.69, 9.17) is 14.2 Å². The summed E-state index contributed by atoms with van der Waals surface area (Å²) < 4.78 is 15.9. The maximum atomic E-state index is 12.5. The third-order valence-corrected chi connectivity index (χ3v) is 3.81. The number of ketones is 1. The fourth-order valence-electron chi connectivity index (χ4n) is 2.53. The van der Waals surface area contributed by atoms with Crippen LogP contribution in [-0.2, 0) is 14.3 Å². The lowest BCUT2D eigenvalue weighted by molar-refractivity contribution is -0.134. The number of allylic oxidation sites excluding steroid dienone is 1. The van der Waals surface area contributed by atoms with Crippen LogP contribution in [0.5, 0.6) is 11.5 Å². The normalized spacial score (nSPS) is 14.9. The van der Waals surface area contributed by atoms with Gasteiger partial charge in [0.25, 0.3) is 0 Å². The highest BCUT2D eigenvalue weighted by atomic mass is 16.5. The van der Waals surface area contributed by atoms with Crippen LogP contribution in [0.1, 0.15) is 5.56 Å². The van der Waals surface area contributed by atoms with E-state index in [0.717, 1.165) is 0 Å². The van der Waals surface area contributed by atoms with Crippen molar-refractivity contribution in [2.24, 2.45) is 0 Å². The quantitative estimate of drug-likeness (QED) is 0.599. The van der Waals surface area contributed by atoms with Crippen molar-refractivity contribution in [2.45, 2.75) is 0 Å². The van der Waals surface area contributed by atoms with Crippen molar-refractivity contribution >= 4 is 23.5 Å². The third kappa shape index (κ3) is 3.92. The first-order valence-electron chi connectivity index (χ1n) is 7.98. The zero-order valence-electron chi connectivity index (χ0n) is 14.7. The van der Waals surface area contributed by atoms with Gasteiger partial charge in [0.1, 0.15) is 11.5 Å². The lowest BCUT2D eigenvalue weighted by Crippen LogP contribution is -2.12. The van der Waals surface area contributed by atoms with E-state index in [0.29, 0.717) is 22.7 Å². The molecule has 7 nitrogen and oxygen atoms in total. The van der Waals surface area contributed by atoms with Gasteiger partial charge in [0.15, 0.2) is 11.3 Å². The minimum Gasteiger partial charge on any atom is -0.497 e. The van der Waals surface area contributed by atoms with Crippen molar-refractivity contribution in [1.29, 1.82) is 0 Å². The van der Waals surface area contributed by atoms with Crippen molar-refractivity contribution in [3.05, 3.63) is 71.3 Å². The molecule has 0 atom stereocenters. The zero-order chi connectivity index (χ0) is 19.4. The molecule has 0 bridgehead atoms. The van der Waals surface area contributed by atoms with E-state index < -0.39 is 17.3 Å². The fourth-order valence-corrected chi connectivity index (χ4v) is 2.53. The van der Waals surface area contributed by atoms with Gasteiger partial charge >= 0.3 is 5.97 Å². The number of carboxylic acid groups (broad SMARTS) is 1. The van der Waals surface area contributed by atoms with E-state index in [1.807, 2.05) is 6.07 Å². The van der Waals surface area contributed by atoms with Gasteiger partial charge in [-0.25, -0.2) is 4.79 Å². The summed E-state index contributed by atoms with van der Waals surface area (Å²) in [6.07, 6.45) is 1.44. The predicted molar refractivity (Wildman–Crippen MR) is 98.3 cm³/mol. The van der Waals surface area contributed by atoms with Crippen LogP contribution in [-0.4, -0.2) is 31.1 Å². The molecule has 0 amide bonds. The molecule has 0 spiro atoms. The number of aliphatic carboxylic acids is 1. The number of carbonyl (C=O) groups excluding carboxylic acids is 1. The number of nitrogens with one attached hydrogen (secondary N) is 1. The molecular weight excluding hydrogens is 350 g/mol. The highest BCUT2D eigenvalue weighted by molar-refractivity contribution is 6.26. The van der Waals surface area contributed by atoms with Gasteiger partial charge in [-0.15, -0.1) is 0 Å². The second-order valence-corrected chi connectivity index (χ2v) is 5.59. The van der Waals surface area contributed by atoms with Crippen LogP contribution in [0.2, 0.25) is 0 Å². The molecule has 0 unspecified atom stereocenters. The SMILES string of the molecule is COc1cc(/C=C2\OC(Nc3ccccc3)=C(C(=O)O)C2=O)cc(OC)c1. The largest absolute Gasteiger partial charge is 0.497 e. The first-order valence-corrected chi connectivity index (χ1v) is 7.98. The van der Waals surface area contributed by atoms with E-state index in [9.17, 15) is 14.7 Å². The Hall–Kier alpha value is -3.74. The highest BCUT2D eigenvalue weighted by Gasteiger charge is 2.35. The summed E-state index contributed by atoms with van der Waals surface area (Å²) in [6, 6.07) is 13.9. The molecule has 0 fully saturated rings. The molecule has 0 aliphatic carbocycles. The number of methoxy groups -OCH3 is 2. The number of hydrogen-bond donors (Lipinski definition) is 2. The molecular formula is C20H17NO6. The van der Waals surface area contributed by atoms with Gasteiger partial charge in [0.05, 0.1) is 14.2 Å². The highest BCUT2D eigenvalue weighted by Crippen LogP contribution is 2.30. The Labute approximate surface area is 155 Å². The second kappa shape index (κ2) is 7.65. The van der Waals surface area contributed by atoms with Gasteiger partial charge in [-0.3, -0.25) is 4.79 Å². The summed E-state index contributed by atoms with van der Waals surface area (Å²) in [7, 11) is 3.02. The summed E-state index contributed by atoms with van der Waals surface area (Å²) in [5.41, 5.74) is 0.712. The number of benzene rings is 2. The maximum absolute atomic E-state index is 12.5. The number of para-hydroxylation sites is 1. The molecule has 138 valence electrons. The van der Waals surface area contributed by atoms with Gasteiger partial charge in [-0.2, -0.15) is 0 Å². The number of rotatable bonds is 6. The Bertz CT molecular complexity index is 924. The summed E-state index contributed by atoms with van der Waals surface area (Å²) in [4.78, 5) is 24.1. The first-order chi connectivity index (χ1) is 13.0. The Morgan fingerprint density at radius 2 is 1.70 bits per heavy atom. The van der Waals surface area contributed by atoms with E-state index >= 15 is 0 Å². The Morgan fingerprint density at radius 3 is 2.26 bits per heavy atom. The number of carboxylic acids is 1. The maximum Gasteiger partial charge on any atom is 0.345 e. The molecule has 2 aromatic rings. The molecule has 2 aromatic carbocycles. The average Bonchev–Trinajstić information content (AvgIpc) is 2.97. The molecule has 0 saturated heterocycles. The van der Waals surface area contributed by atoms with Crippen LogP contribution in [0.3, 0.4) is 0 Å². The molecule has 2 N–H and O–H groups in total. The zero-order valence-corrected chi connectivity index (χ0v) is 14.7. The van der Waals surface area contributed by atoms with Crippen LogP contribution in [0, 0.1) is 0 Å². The molecule has 3 rings (SSSR count). The second-order valence-electron chi connectivity index (χ2n) is 5.59. The summed E-state index contributed by atoms with van der Waals surface area (Å²) in [5, 5.41) is 12.2. The molecule has 27 heavy (non-hydrogen) atoms. The number of hydrogen-bond acceptors (Lipinski definition) is 6. The van der Waals surface area contributed by atoms with Crippen LogP contribution in [0.15, 0.2) is 65.7 Å². The monoisotopic (exact) mass is 367 g/mol. The lowest BCUT2D eigenvalue weighted by Gasteiger charge is -2.08. The minimum atomic E-state index is -1.37. The van der Waals surface area contributed by atoms with Crippen LogP contribution >= 0.6 is 0 Å². The number of Topliss-reactive ketones (excluding diaryl/α,β-unsaturated/α-hetero) is 1. The van der Waals surface area contributed by atoms with E-state index in [1.54, 1.807) is 42.5 Å². The van der Waals surface area contributed by atoms with Crippen LogP contribution < -0.4 is 14.8 Å². The predicted octanol–water partition coefficient (Wildman–Crippen LogP) is 3.05. The molecule has 0 aromatic heterocycles. The van der Waals surface area contributed by atoms with Crippen molar-refractivity contribution in [3.8, 4) is 11.5 Å². The van der Waals surface area contributed by atoms with Gasteiger partial charge < -0.3 is 24.6 Å². The first kappa shape index (κ1) is 18.1. The molecule has 0 saturated carbocycles.